The Morgan fingerprint density at radius 3 is 3.07 bits per heavy atom. The fourth-order valence-corrected chi connectivity index (χ4v) is 1.72. The van der Waals surface area contributed by atoms with Gasteiger partial charge in [0.15, 0.2) is 5.13 Å². The van der Waals surface area contributed by atoms with Crippen LogP contribution >= 0.6 is 11.3 Å². The first-order chi connectivity index (χ1) is 7.13. The van der Waals surface area contributed by atoms with Crippen LogP contribution in [0.4, 0.5) is 5.13 Å². The molecule has 0 spiro atoms. The monoisotopic (exact) mass is 230 g/mol. The normalized spacial score (nSPS) is 12.5. The van der Waals surface area contributed by atoms with Gasteiger partial charge in [-0.1, -0.05) is 0 Å². The third-order valence-corrected chi connectivity index (χ3v) is 2.51. The number of aliphatic hydroxyl groups is 1. The van der Waals surface area contributed by atoms with Crippen LogP contribution in [-0.2, 0) is 9.53 Å². The highest BCUT2D eigenvalue weighted by molar-refractivity contribution is 7.13. The van der Waals surface area contributed by atoms with Gasteiger partial charge in [0.2, 0.25) is 5.91 Å². The number of aliphatic hydroxyl groups excluding tert-OH is 1. The molecule has 0 aliphatic heterocycles. The van der Waals surface area contributed by atoms with Crippen LogP contribution in [0.3, 0.4) is 0 Å². The zero-order valence-corrected chi connectivity index (χ0v) is 9.50. The molecule has 0 bridgehead atoms. The molecule has 1 heterocycles. The molecule has 1 atom stereocenters. The van der Waals surface area contributed by atoms with E-state index in [0.717, 1.165) is 0 Å². The number of thiazole rings is 1. The molecule has 5 nitrogen and oxygen atoms in total. The lowest BCUT2D eigenvalue weighted by molar-refractivity contribution is -0.117. The standard InChI is InChI=1S/C9H14N2O3S/c1-6(12)7-5-15-9(10-7)11-8(13)3-4-14-2/h5-6,12H,3-4H2,1-2H3,(H,10,11,13). The first-order valence-corrected chi connectivity index (χ1v) is 5.43. The number of ether oxygens (including phenoxy) is 1. The van der Waals surface area contributed by atoms with Crippen molar-refractivity contribution in [3.63, 3.8) is 0 Å². The van der Waals surface area contributed by atoms with E-state index in [1.54, 1.807) is 19.4 Å². The summed E-state index contributed by atoms with van der Waals surface area (Å²) in [7, 11) is 1.54. The molecular weight excluding hydrogens is 216 g/mol. The van der Waals surface area contributed by atoms with Crippen molar-refractivity contribution in [2.45, 2.75) is 19.4 Å². The predicted molar refractivity (Wildman–Crippen MR) is 57.9 cm³/mol. The zero-order valence-electron chi connectivity index (χ0n) is 8.69. The molecule has 1 aromatic rings. The van der Waals surface area contributed by atoms with Gasteiger partial charge in [0, 0.05) is 12.5 Å². The summed E-state index contributed by atoms with van der Waals surface area (Å²) in [4.78, 5) is 15.3. The lowest BCUT2D eigenvalue weighted by Gasteiger charge is -2.00. The Labute approximate surface area is 92.1 Å². The Hall–Kier alpha value is -0.980. The molecule has 0 saturated carbocycles. The number of nitrogens with zero attached hydrogens (tertiary/aromatic N) is 1. The highest BCUT2D eigenvalue weighted by atomic mass is 32.1. The van der Waals surface area contributed by atoms with Gasteiger partial charge < -0.3 is 15.2 Å². The summed E-state index contributed by atoms with van der Waals surface area (Å²) < 4.78 is 4.78. The fraction of sp³-hybridized carbons (Fsp3) is 0.556. The van der Waals surface area contributed by atoms with Crippen LogP contribution < -0.4 is 5.32 Å². The van der Waals surface area contributed by atoms with E-state index < -0.39 is 6.10 Å². The first kappa shape index (κ1) is 12.1. The van der Waals surface area contributed by atoms with E-state index in [-0.39, 0.29) is 5.91 Å². The SMILES string of the molecule is COCCC(=O)Nc1nc(C(C)O)cs1. The van der Waals surface area contributed by atoms with Crippen LogP contribution in [0.2, 0.25) is 0 Å². The third kappa shape index (κ3) is 3.94. The summed E-state index contributed by atoms with van der Waals surface area (Å²) in [5.74, 6) is -0.136. The van der Waals surface area contributed by atoms with Crippen molar-refractivity contribution in [3.8, 4) is 0 Å². The summed E-state index contributed by atoms with van der Waals surface area (Å²) in [6.45, 7) is 2.02. The Balaban J connectivity index is 2.46. The van der Waals surface area contributed by atoms with E-state index >= 15 is 0 Å². The number of hydrogen-bond acceptors (Lipinski definition) is 5. The topological polar surface area (TPSA) is 71.5 Å². The van der Waals surface area contributed by atoms with Gasteiger partial charge in [0.25, 0.3) is 0 Å². The molecule has 0 saturated heterocycles. The fourth-order valence-electron chi connectivity index (χ4n) is 0.912. The number of carbonyl (C=O) groups excluding carboxylic acids is 1. The number of amides is 1. The van der Waals surface area contributed by atoms with Crippen molar-refractivity contribution in [2.24, 2.45) is 0 Å². The van der Waals surface area contributed by atoms with Gasteiger partial charge in [-0.3, -0.25) is 4.79 Å². The minimum atomic E-state index is -0.606. The number of carbonyl (C=O) groups is 1. The number of rotatable bonds is 5. The first-order valence-electron chi connectivity index (χ1n) is 4.55. The molecule has 0 radical (unpaired) electrons. The Morgan fingerprint density at radius 2 is 2.53 bits per heavy atom. The predicted octanol–water partition coefficient (Wildman–Crippen LogP) is 1.17. The van der Waals surface area contributed by atoms with E-state index in [1.165, 1.54) is 11.3 Å². The molecule has 0 aliphatic carbocycles. The number of anilines is 1. The lowest BCUT2D eigenvalue weighted by Crippen LogP contribution is -2.13. The number of hydrogen-bond donors (Lipinski definition) is 2. The van der Waals surface area contributed by atoms with Crippen molar-refractivity contribution < 1.29 is 14.6 Å². The zero-order chi connectivity index (χ0) is 11.3. The highest BCUT2D eigenvalue weighted by Crippen LogP contribution is 2.20. The average Bonchev–Trinajstić information content (AvgIpc) is 2.63. The number of nitrogens with one attached hydrogen (secondary N) is 1. The largest absolute Gasteiger partial charge is 0.387 e. The van der Waals surface area contributed by atoms with E-state index in [9.17, 15) is 9.90 Å². The molecule has 0 aliphatic rings. The molecule has 15 heavy (non-hydrogen) atoms. The Kier molecular flexibility index (Phi) is 4.67. The molecule has 1 unspecified atom stereocenters. The number of aromatic nitrogens is 1. The van der Waals surface area contributed by atoms with Crippen molar-refractivity contribution in [2.75, 3.05) is 19.0 Å². The van der Waals surface area contributed by atoms with Crippen molar-refractivity contribution in [1.82, 2.24) is 4.98 Å². The van der Waals surface area contributed by atoms with Crippen molar-refractivity contribution in [1.29, 1.82) is 0 Å². The van der Waals surface area contributed by atoms with Crippen LogP contribution in [0.5, 0.6) is 0 Å². The van der Waals surface area contributed by atoms with Crippen LogP contribution in [0, 0.1) is 0 Å². The van der Waals surface area contributed by atoms with Crippen molar-refractivity contribution in [3.05, 3.63) is 11.1 Å². The maximum absolute atomic E-state index is 11.3. The third-order valence-electron chi connectivity index (χ3n) is 1.73. The second-order valence-corrected chi connectivity index (χ2v) is 3.90. The Bertz CT molecular complexity index is 325. The van der Waals surface area contributed by atoms with Crippen LogP contribution in [0.25, 0.3) is 0 Å². The maximum atomic E-state index is 11.3. The van der Waals surface area contributed by atoms with Crippen LogP contribution in [0.15, 0.2) is 5.38 Å². The molecule has 0 aromatic carbocycles. The summed E-state index contributed by atoms with van der Waals surface area (Å²) in [5.41, 5.74) is 0.571. The van der Waals surface area contributed by atoms with E-state index in [1.807, 2.05) is 0 Å². The van der Waals surface area contributed by atoms with Crippen LogP contribution in [0.1, 0.15) is 25.1 Å². The van der Waals surface area contributed by atoms with Crippen molar-refractivity contribution >= 4 is 22.4 Å². The molecule has 84 valence electrons. The average molecular weight is 230 g/mol. The van der Waals surface area contributed by atoms with E-state index in [0.29, 0.717) is 23.9 Å². The second-order valence-electron chi connectivity index (χ2n) is 3.04. The highest BCUT2D eigenvalue weighted by Gasteiger charge is 2.09. The quantitative estimate of drug-likeness (QED) is 0.796. The molecule has 2 N–H and O–H groups in total. The van der Waals surface area contributed by atoms with Crippen LogP contribution in [-0.4, -0.2) is 29.7 Å². The molecule has 1 rings (SSSR count). The maximum Gasteiger partial charge on any atom is 0.228 e. The molecular formula is C9H14N2O3S. The lowest BCUT2D eigenvalue weighted by atomic mass is 10.3. The molecule has 1 amide bonds. The van der Waals surface area contributed by atoms with Gasteiger partial charge >= 0.3 is 0 Å². The van der Waals surface area contributed by atoms with Gasteiger partial charge in [0.05, 0.1) is 24.8 Å². The van der Waals surface area contributed by atoms with E-state index in [4.69, 9.17) is 4.74 Å². The Morgan fingerprint density at radius 1 is 1.80 bits per heavy atom. The molecule has 0 fully saturated rings. The minimum Gasteiger partial charge on any atom is -0.387 e. The van der Waals surface area contributed by atoms with Gasteiger partial charge in [-0.05, 0) is 6.92 Å². The molecule has 6 heteroatoms. The molecule has 1 aromatic heterocycles. The summed E-state index contributed by atoms with van der Waals surface area (Å²) in [5, 5.41) is 14.1. The summed E-state index contributed by atoms with van der Waals surface area (Å²) in [6, 6.07) is 0. The van der Waals surface area contributed by atoms with E-state index in [2.05, 4.69) is 10.3 Å². The second kappa shape index (κ2) is 5.79. The number of methoxy groups -OCH3 is 1. The summed E-state index contributed by atoms with van der Waals surface area (Å²) in [6.07, 6.45) is -0.300. The van der Waals surface area contributed by atoms with Gasteiger partial charge in [0.1, 0.15) is 0 Å². The van der Waals surface area contributed by atoms with Gasteiger partial charge in [-0.25, -0.2) is 4.98 Å². The summed E-state index contributed by atoms with van der Waals surface area (Å²) >= 11 is 1.30. The minimum absolute atomic E-state index is 0.136. The van der Waals surface area contributed by atoms with Gasteiger partial charge in [-0.2, -0.15) is 0 Å². The van der Waals surface area contributed by atoms with Gasteiger partial charge in [-0.15, -0.1) is 11.3 Å². The smallest absolute Gasteiger partial charge is 0.228 e.